The molecule has 0 saturated carbocycles. The third-order valence-corrected chi connectivity index (χ3v) is 4.83. The van der Waals surface area contributed by atoms with Crippen LogP contribution in [0.15, 0.2) is 52.6 Å². The largest absolute Gasteiger partial charge is 0.398 e. The van der Waals surface area contributed by atoms with Crippen LogP contribution in [-0.2, 0) is 9.84 Å². The average molecular weight is 372 g/mol. The molecule has 1 amide bonds. The van der Waals surface area contributed by atoms with Crippen LogP contribution in [0.5, 0.6) is 0 Å². The Morgan fingerprint density at radius 2 is 1.88 bits per heavy atom. The Bertz CT molecular complexity index is 1160. The minimum Gasteiger partial charge on any atom is -0.398 e. The molecule has 3 aromatic rings. The number of imidazole rings is 1. The lowest BCUT2D eigenvalue weighted by molar-refractivity contribution is 0.100. The molecule has 1 aromatic heterocycles. The van der Waals surface area contributed by atoms with Gasteiger partial charge < -0.3 is 17.2 Å². The van der Waals surface area contributed by atoms with Crippen molar-refractivity contribution in [1.82, 2.24) is 9.55 Å². The highest BCUT2D eigenvalue weighted by molar-refractivity contribution is 7.90. The average Bonchev–Trinajstić information content (AvgIpc) is 2.96. The Labute approximate surface area is 149 Å². The van der Waals surface area contributed by atoms with Gasteiger partial charge in [0.25, 0.3) is 5.91 Å². The fraction of sp³-hybridized carbons (Fsp3) is 0.0625. The highest BCUT2D eigenvalue weighted by Gasteiger charge is 2.22. The van der Waals surface area contributed by atoms with Gasteiger partial charge in [0.1, 0.15) is 6.33 Å². The van der Waals surface area contributed by atoms with Crippen LogP contribution < -0.4 is 17.2 Å². The number of guanidine groups is 1. The van der Waals surface area contributed by atoms with E-state index in [1.54, 1.807) is 22.8 Å². The second-order valence-electron chi connectivity index (χ2n) is 5.62. The molecule has 3 rings (SSSR count). The molecule has 0 spiro atoms. The van der Waals surface area contributed by atoms with Gasteiger partial charge in [0.2, 0.25) is 0 Å². The number of carbonyl (C=O) groups excluding carboxylic acids is 1. The minimum atomic E-state index is -3.70. The number of aliphatic imine (C=N–C) groups is 1. The number of aromatic nitrogens is 2. The molecule has 0 aliphatic carbocycles. The molecule has 2 aromatic carbocycles. The predicted molar refractivity (Wildman–Crippen MR) is 98.7 cm³/mol. The number of amides is 1. The van der Waals surface area contributed by atoms with Crippen LogP contribution in [-0.4, -0.2) is 36.1 Å². The van der Waals surface area contributed by atoms with Gasteiger partial charge in [0.15, 0.2) is 15.8 Å². The highest BCUT2D eigenvalue weighted by Crippen LogP contribution is 2.29. The maximum atomic E-state index is 12.3. The van der Waals surface area contributed by atoms with Gasteiger partial charge in [0, 0.05) is 11.9 Å². The summed E-state index contributed by atoms with van der Waals surface area (Å²) in [5, 5.41) is 0. The normalized spacial score (nSPS) is 11.4. The molecule has 0 aliphatic rings. The molecule has 0 saturated heterocycles. The van der Waals surface area contributed by atoms with Gasteiger partial charge >= 0.3 is 0 Å². The molecule has 6 N–H and O–H groups in total. The van der Waals surface area contributed by atoms with E-state index in [1.165, 1.54) is 18.5 Å². The van der Waals surface area contributed by atoms with E-state index in [4.69, 9.17) is 17.2 Å². The van der Waals surface area contributed by atoms with Crippen LogP contribution in [0.4, 0.5) is 5.69 Å². The molecule has 0 atom stereocenters. The molecule has 0 bridgehead atoms. The molecular weight excluding hydrogens is 356 g/mol. The molecule has 26 heavy (non-hydrogen) atoms. The van der Waals surface area contributed by atoms with E-state index in [1.807, 2.05) is 6.07 Å². The number of nitrogens with zero attached hydrogens (tertiary/aromatic N) is 3. The van der Waals surface area contributed by atoms with E-state index in [9.17, 15) is 13.2 Å². The fourth-order valence-electron chi connectivity index (χ4n) is 2.58. The van der Waals surface area contributed by atoms with Crippen LogP contribution in [0.1, 0.15) is 10.4 Å². The number of benzene rings is 2. The Kier molecular flexibility index (Phi) is 4.12. The van der Waals surface area contributed by atoms with Crippen molar-refractivity contribution in [2.45, 2.75) is 4.90 Å². The number of anilines is 1. The summed E-state index contributed by atoms with van der Waals surface area (Å²) >= 11 is 0. The maximum Gasteiger partial charge on any atom is 0.282 e. The minimum absolute atomic E-state index is 0.0418. The van der Waals surface area contributed by atoms with Gasteiger partial charge in [-0.25, -0.2) is 13.4 Å². The van der Waals surface area contributed by atoms with Crippen molar-refractivity contribution in [3.8, 4) is 5.69 Å². The zero-order valence-electron chi connectivity index (χ0n) is 13.7. The first-order chi connectivity index (χ1) is 12.2. The topological polar surface area (TPSA) is 159 Å². The number of carbonyl (C=O) groups is 1. The number of nitrogens with two attached hydrogens (primary N) is 3. The second-order valence-corrected chi connectivity index (χ2v) is 7.61. The van der Waals surface area contributed by atoms with Gasteiger partial charge in [-0.15, -0.1) is 0 Å². The van der Waals surface area contributed by atoms with Crippen molar-refractivity contribution in [3.63, 3.8) is 0 Å². The number of hydrogen-bond acceptors (Lipinski definition) is 5. The van der Waals surface area contributed by atoms with Crippen LogP contribution >= 0.6 is 0 Å². The molecular formula is C16H16N6O3S. The number of sulfone groups is 1. The summed E-state index contributed by atoms with van der Waals surface area (Å²) in [4.78, 5) is 19.7. The third-order valence-electron chi connectivity index (χ3n) is 3.70. The Morgan fingerprint density at radius 1 is 1.19 bits per heavy atom. The van der Waals surface area contributed by atoms with Crippen LogP contribution in [0.2, 0.25) is 0 Å². The maximum absolute atomic E-state index is 12.3. The zero-order chi connectivity index (χ0) is 19.1. The van der Waals surface area contributed by atoms with Gasteiger partial charge in [-0.1, -0.05) is 12.1 Å². The summed E-state index contributed by atoms with van der Waals surface area (Å²) in [6.45, 7) is 0. The predicted octanol–water partition coefficient (Wildman–Crippen LogP) is 0.425. The molecule has 10 heteroatoms. The summed E-state index contributed by atoms with van der Waals surface area (Å²) < 4.78 is 26.2. The quantitative estimate of drug-likeness (QED) is 0.341. The van der Waals surface area contributed by atoms with E-state index in [0.717, 1.165) is 6.26 Å². The lowest BCUT2D eigenvalue weighted by Crippen LogP contribution is -2.24. The zero-order valence-corrected chi connectivity index (χ0v) is 14.6. The van der Waals surface area contributed by atoms with E-state index in [2.05, 4.69) is 9.98 Å². The van der Waals surface area contributed by atoms with Gasteiger partial charge in [-0.3, -0.25) is 9.36 Å². The Balaban J connectivity index is 2.31. The van der Waals surface area contributed by atoms with Crippen molar-refractivity contribution in [1.29, 1.82) is 0 Å². The number of fused-ring (bicyclic) bond motifs is 1. The summed E-state index contributed by atoms with van der Waals surface area (Å²) in [5.41, 5.74) is 18.0. The van der Waals surface area contributed by atoms with Crippen molar-refractivity contribution in [3.05, 3.63) is 48.3 Å². The molecule has 134 valence electrons. The molecule has 0 unspecified atom stereocenters. The lowest BCUT2D eigenvalue weighted by atomic mass is 10.1. The Morgan fingerprint density at radius 3 is 2.54 bits per heavy atom. The summed E-state index contributed by atoms with van der Waals surface area (Å²) in [7, 11) is -3.70. The summed E-state index contributed by atoms with van der Waals surface area (Å²) in [6, 6.07) is 9.78. The number of hydrogen-bond donors (Lipinski definition) is 3. The van der Waals surface area contributed by atoms with E-state index in [0.29, 0.717) is 11.0 Å². The molecule has 1 heterocycles. The van der Waals surface area contributed by atoms with Gasteiger partial charge in [0.05, 0.1) is 27.2 Å². The van der Waals surface area contributed by atoms with Crippen molar-refractivity contribution in [2.24, 2.45) is 16.5 Å². The Hall–Kier alpha value is -3.40. The first-order valence-corrected chi connectivity index (χ1v) is 9.27. The number of nitrogen functional groups attached to an aromatic ring is 1. The molecule has 0 radical (unpaired) electrons. The van der Waals surface area contributed by atoms with Crippen LogP contribution in [0.25, 0.3) is 16.7 Å². The summed E-state index contributed by atoms with van der Waals surface area (Å²) in [5.74, 6) is -1.27. The summed E-state index contributed by atoms with van der Waals surface area (Å²) in [6.07, 6.45) is 2.53. The molecule has 0 aliphatic heterocycles. The second kappa shape index (κ2) is 6.15. The van der Waals surface area contributed by atoms with Gasteiger partial charge in [-0.2, -0.15) is 4.99 Å². The monoisotopic (exact) mass is 372 g/mol. The van der Waals surface area contributed by atoms with Crippen molar-refractivity contribution < 1.29 is 13.2 Å². The van der Waals surface area contributed by atoms with E-state index in [-0.39, 0.29) is 21.8 Å². The first-order valence-electron chi connectivity index (χ1n) is 7.38. The number of para-hydroxylation sites is 2. The SMILES string of the molecule is CS(=O)(=O)c1cc(C(=O)N=C(N)N)c(N)cc1-n1cnc2ccccc21. The number of rotatable bonds is 3. The van der Waals surface area contributed by atoms with E-state index >= 15 is 0 Å². The fourth-order valence-corrected chi connectivity index (χ4v) is 3.45. The standard InChI is InChI=1S/C16H16N6O3S/c1-26(24,25)14-6-9(15(23)21-16(18)19)10(17)7-13(14)22-8-20-11-4-2-3-5-12(11)22/h2-8H,17H2,1H3,(H4,18,19,21,23). The van der Waals surface area contributed by atoms with Crippen molar-refractivity contribution >= 4 is 38.4 Å². The van der Waals surface area contributed by atoms with E-state index < -0.39 is 21.7 Å². The van der Waals surface area contributed by atoms with Crippen LogP contribution in [0.3, 0.4) is 0 Å². The van der Waals surface area contributed by atoms with Crippen molar-refractivity contribution in [2.75, 3.05) is 12.0 Å². The van der Waals surface area contributed by atoms with Gasteiger partial charge in [-0.05, 0) is 24.3 Å². The first kappa shape index (κ1) is 17.4. The lowest BCUT2D eigenvalue weighted by Gasteiger charge is -2.13. The smallest absolute Gasteiger partial charge is 0.282 e. The third kappa shape index (κ3) is 3.09. The highest BCUT2D eigenvalue weighted by atomic mass is 32.2. The van der Waals surface area contributed by atoms with Crippen LogP contribution in [0, 0.1) is 0 Å². The molecule has 0 fully saturated rings. The molecule has 9 nitrogen and oxygen atoms in total.